The van der Waals surface area contributed by atoms with E-state index in [0.29, 0.717) is 6.54 Å². The second kappa shape index (κ2) is 4.14. The van der Waals surface area contributed by atoms with E-state index in [0.717, 1.165) is 23.0 Å². The lowest BCUT2D eigenvalue weighted by Gasteiger charge is -2.28. The van der Waals surface area contributed by atoms with Gasteiger partial charge in [-0.25, -0.2) is 8.42 Å². The molecular formula is C10H12BrNO2S. The Morgan fingerprint density at radius 2 is 1.80 bits per heavy atom. The number of benzene rings is 1. The Morgan fingerprint density at radius 1 is 1.13 bits per heavy atom. The second-order valence-corrected chi connectivity index (χ2v) is 6.50. The number of rotatable bonds is 1. The molecule has 0 spiro atoms. The number of halogens is 1. The van der Waals surface area contributed by atoms with E-state index in [1.54, 1.807) is 0 Å². The maximum absolute atomic E-state index is 11.8. The smallest absolute Gasteiger partial charge is 0.235 e. The van der Waals surface area contributed by atoms with Crippen LogP contribution in [0.2, 0.25) is 0 Å². The summed E-state index contributed by atoms with van der Waals surface area (Å²) >= 11 is 3.33. The van der Waals surface area contributed by atoms with Crippen molar-refractivity contribution in [2.24, 2.45) is 0 Å². The van der Waals surface area contributed by atoms with E-state index < -0.39 is 10.0 Å². The van der Waals surface area contributed by atoms with Crippen LogP contribution in [-0.4, -0.2) is 20.7 Å². The largest absolute Gasteiger partial charge is 0.270 e. The van der Waals surface area contributed by atoms with Crippen LogP contribution < -0.4 is 4.31 Å². The predicted octanol–water partition coefficient (Wildman–Crippen LogP) is 2.38. The first kappa shape index (κ1) is 11.0. The van der Waals surface area contributed by atoms with Crippen molar-refractivity contribution in [3.63, 3.8) is 0 Å². The van der Waals surface area contributed by atoms with Crippen molar-refractivity contribution in [1.29, 1.82) is 0 Å². The molecule has 0 atom stereocenters. The zero-order valence-electron chi connectivity index (χ0n) is 8.19. The van der Waals surface area contributed by atoms with Gasteiger partial charge in [0.15, 0.2) is 0 Å². The highest BCUT2D eigenvalue weighted by Crippen LogP contribution is 2.24. The summed E-state index contributed by atoms with van der Waals surface area (Å²) in [5.74, 6) is 0.267. The number of sulfonamides is 1. The average Bonchev–Trinajstić information content (AvgIpc) is 2.19. The van der Waals surface area contributed by atoms with Gasteiger partial charge in [0.1, 0.15) is 0 Å². The van der Waals surface area contributed by atoms with Crippen LogP contribution in [0.4, 0.5) is 5.69 Å². The predicted molar refractivity (Wildman–Crippen MR) is 64.5 cm³/mol. The van der Waals surface area contributed by atoms with E-state index in [1.807, 2.05) is 24.3 Å². The minimum Gasteiger partial charge on any atom is -0.270 e. The van der Waals surface area contributed by atoms with Gasteiger partial charge in [-0.15, -0.1) is 0 Å². The summed E-state index contributed by atoms with van der Waals surface area (Å²) in [6, 6.07) is 7.37. The van der Waals surface area contributed by atoms with Crippen LogP contribution in [0, 0.1) is 0 Å². The highest BCUT2D eigenvalue weighted by atomic mass is 79.9. The van der Waals surface area contributed by atoms with Gasteiger partial charge in [0.25, 0.3) is 0 Å². The highest BCUT2D eigenvalue weighted by molar-refractivity contribution is 9.10. The van der Waals surface area contributed by atoms with E-state index >= 15 is 0 Å². The molecule has 82 valence electrons. The van der Waals surface area contributed by atoms with Crippen molar-refractivity contribution < 1.29 is 8.42 Å². The molecule has 0 aliphatic carbocycles. The molecule has 2 rings (SSSR count). The first-order chi connectivity index (χ1) is 7.09. The maximum atomic E-state index is 11.8. The van der Waals surface area contributed by atoms with E-state index in [2.05, 4.69) is 15.9 Å². The van der Waals surface area contributed by atoms with Gasteiger partial charge in [0.05, 0.1) is 11.4 Å². The quantitative estimate of drug-likeness (QED) is 0.796. The first-order valence-electron chi connectivity index (χ1n) is 4.85. The second-order valence-electron chi connectivity index (χ2n) is 3.57. The van der Waals surface area contributed by atoms with Crippen molar-refractivity contribution in [2.45, 2.75) is 12.8 Å². The Kier molecular flexibility index (Phi) is 3.02. The number of nitrogens with zero attached hydrogens (tertiary/aromatic N) is 1. The standard InChI is InChI=1S/C10H12BrNO2S/c11-9-3-5-10(6-4-9)12-7-1-2-8-15(12,13)14/h3-6H,1-2,7-8H2. The van der Waals surface area contributed by atoms with Gasteiger partial charge in [-0.3, -0.25) is 4.31 Å². The third kappa shape index (κ3) is 2.34. The van der Waals surface area contributed by atoms with Gasteiger partial charge in [0.2, 0.25) is 10.0 Å². The fourth-order valence-corrected chi connectivity index (χ4v) is 3.59. The van der Waals surface area contributed by atoms with Gasteiger partial charge in [-0.05, 0) is 37.1 Å². The summed E-state index contributed by atoms with van der Waals surface area (Å²) in [6.07, 6.45) is 1.71. The molecule has 0 N–H and O–H groups in total. The van der Waals surface area contributed by atoms with Crippen molar-refractivity contribution in [1.82, 2.24) is 0 Å². The van der Waals surface area contributed by atoms with Crippen LogP contribution in [-0.2, 0) is 10.0 Å². The Morgan fingerprint density at radius 3 is 2.40 bits per heavy atom. The Hall–Kier alpha value is -0.550. The minimum atomic E-state index is -3.07. The Balaban J connectivity index is 2.33. The summed E-state index contributed by atoms with van der Waals surface area (Å²) in [5, 5.41) is 0. The number of hydrogen-bond donors (Lipinski definition) is 0. The van der Waals surface area contributed by atoms with Gasteiger partial charge in [-0.1, -0.05) is 15.9 Å². The fourth-order valence-electron chi connectivity index (χ4n) is 1.69. The molecule has 0 saturated carbocycles. The molecule has 0 bridgehead atoms. The molecule has 1 saturated heterocycles. The molecule has 1 aliphatic rings. The summed E-state index contributed by atoms with van der Waals surface area (Å²) in [5.41, 5.74) is 0.762. The van der Waals surface area contributed by atoms with Gasteiger partial charge in [-0.2, -0.15) is 0 Å². The molecule has 1 fully saturated rings. The molecule has 0 aromatic heterocycles. The zero-order valence-corrected chi connectivity index (χ0v) is 10.6. The monoisotopic (exact) mass is 289 g/mol. The molecule has 5 heteroatoms. The molecule has 0 radical (unpaired) electrons. The third-order valence-corrected chi connectivity index (χ3v) is 4.86. The van der Waals surface area contributed by atoms with Gasteiger partial charge < -0.3 is 0 Å². The Labute approximate surface area is 98.3 Å². The number of anilines is 1. The molecule has 1 heterocycles. The minimum absolute atomic E-state index is 0.267. The summed E-state index contributed by atoms with van der Waals surface area (Å²) in [6.45, 7) is 0.601. The molecule has 3 nitrogen and oxygen atoms in total. The third-order valence-electron chi connectivity index (χ3n) is 2.46. The maximum Gasteiger partial charge on any atom is 0.235 e. The highest BCUT2D eigenvalue weighted by Gasteiger charge is 2.25. The summed E-state index contributed by atoms with van der Waals surface area (Å²) in [4.78, 5) is 0. The van der Waals surface area contributed by atoms with Gasteiger partial charge >= 0.3 is 0 Å². The fraction of sp³-hybridized carbons (Fsp3) is 0.400. The van der Waals surface area contributed by atoms with Crippen LogP contribution in [0.25, 0.3) is 0 Å². The van der Waals surface area contributed by atoms with Crippen molar-refractivity contribution >= 4 is 31.6 Å². The van der Waals surface area contributed by atoms with E-state index in [-0.39, 0.29) is 5.75 Å². The lowest BCUT2D eigenvalue weighted by molar-refractivity contribution is 0.574. The lowest BCUT2D eigenvalue weighted by Crippen LogP contribution is -2.37. The number of hydrogen-bond acceptors (Lipinski definition) is 2. The Bertz CT molecular complexity index is 441. The zero-order chi connectivity index (χ0) is 10.9. The molecule has 15 heavy (non-hydrogen) atoms. The lowest BCUT2D eigenvalue weighted by atomic mass is 10.3. The van der Waals surface area contributed by atoms with E-state index in [1.165, 1.54) is 4.31 Å². The molecule has 0 unspecified atom stereocenters. The molecule has 1 aliphatic heterocycles. The van der Waals surface area contributed by atoms with Crippen LogP contribution in [0.3, 0.4) is 0 Å². The molecule has 1 aromatic rings. The van der Waals surface area contributed by atoms with Crippen LogP contribution in [0.1, 0.15) is 12.8 Å². The van der Waals surface area contributed by atoms with E-state index in [9.17, 15) is 8.42 Å². The molecule has 0 amide bonds. The van der Waals surface area contributed by atoms with Crippen molar-refractivity contribution in [3.05, 3.63) is 28.7 Å². The average molecular weight is 290 g/mol. The van der Waals surface area contributed by atoms with Crippen molar-refractivity contribution in [2.75, 3.05) is 16.6 Å². The SMILES string of the molecule is O=S1(=O)CCCCN1c1ccc(Br)cc1. The summed E-state index contributed by atoms with van der Waals surface area (Å²) in [7, 11) is -3.07. The first-order valence-corrected chi connectivity index (χ1v) is 7.26. The van der Waals surface area contributed by atoms with Crippen LogP contribution in [0.15, 0.2) is 28.7 Å². The normalized spacial score (nSPS) is 20.2. The van der Waals surface area contributed by atoms with E-state index in [4.69, 9.17) is 0 Å². The van der Waals surface area contributed by atoms with Crippen LogP contribution in [0.5, 0.6) is 0 Å². The summed E-state index contributed by atoms with van der Waals surface area (Å²) < 4.78 is 26.0. The topological polar surface area (TPSA) is 37.4 Å². The van der Waals surface area contributed by atoms with Gasteiger partial charge in [0, 0.05) is 11.0 Å². The van der Waals surface area contributed by atoms with Crippen LogP contribution >= 0.6 is 15.9 Å². The van der Waals surface area contributed by atoms with Crippen molar-refractivity contribution in [3.8, 4) is 0 Å². The molecule has 1 aromatic carbocycles. The molecular weight excluding hydrogens is 278 g/mol.